The first-order valence-electron chi connectivity index (χ1n) is 9.67. The Labute approximate surface area is 148 Å². The summed E-state index contributed by atoms with van der Waals surface area (Å²) in [4.78, 5) is 0. The van der Waals surface area contributed by atoms with Crippen molar-refractivity contribution in [1.82, 2.24) is 0 Å². The first-order chi connectivity index (χ1) is 11.8. The molecule has 0 saturated carbocycles. The Morgan fingerprint density at radius 2 is 1.58 bits per heavy atom. The van der Waals surface area contributed by atoms with E-state index in [4.69, 9.17) is 0 Å². The van der Waals surface area contributed by atoms with Crippen LogP contribution in [0.5, 0.6) is 0 Å². The highest BCUT2D eigenvalue weighted by Gasteiger charge is 2.20. The predicted molar refractivity (Wildman–Crippen MR) is 111 cm³/mol. The Hall–Kier alpha value is -1.82. The van der Waals surface area contributed by atoms with E-state index < -0.39 is 0 Å². The summed E-state index contributed by atoms with van der Waals surface area (Å²) < 4.78 is 0. The van der Waals surface area contributed by atoms with E-state index in [1.165, 1.54) is 47.6 Å². The Morgan fingerprint density at radius 1 is 0.917 bits per heavy atom. The molecule has 0 heteroatoms. The number of hydrogen-bond donors (Lipinski definition) is 0. The molecule has 24 heavy (non-hydrogen) atoms. The second-order valence-corrected chi connectivity index (χ2v) is 6.52. The summed E-state index contributed by atoms with van der Waals surface area (Å²) in [7, 11) is 0. The number of benzene rings is 2. The molecule has 1 atom stereocenters. The van der Waals surface area contributed by atoms with Crippen molar-refractivity contribution >= 4 is 22.9 Å². The molecule has 0 heterocycles. The maximum absolute atomic E-state index is 2.37. The number of rotatable bonds is 0. The molecule has 0 N–H and O–H groups in total. The average Bonchev–Trinajstić information content (AvgIpc) is 2.64. The van der Waals surface area contributed by atoms with Crippen LogP contribution in [-0.4, -0.2) is 0 Å². The van der Waals surface area contributed by atoms with E-state index in [0.717, 1.165) is 0 Å². The fraction of sp³-hybridized carbons (Fsp3) is 0.417. The molecule has 2 aliphatic rings. The van der Waals surface area contributed by atoms with Crippen LogP contribution in [0.15, 0.2) is 36.4 Å². The highest BCUT2D eigenvalue weighted by molar-refractivity contribution is 5.98. The second-order valence-electron chi connectivity index (χ2n) is 6.52. The predicted octanol–water partition coefficient (Wildman–Crippen LogP) is 7.45. The lowest BCUT2D eigenvalue weighted by atomic mass is 9.79. The molecule has 2 aliphatic carbocycles. The lowest BCUT2D eigenvalue weighted by Crippen LogP contribution is -2.09. The maximum Gasteiger partial charge on any atom is -0.0106 e. The standard InChI is InChI=1S/C19H18.C3H8.C2H6/c1-13-10-11-18-16-8-3-2-6-14(16)15-7-4-5-9-17(15)19(18)12-13;1-3-2;1-2/h2,4-7,9-11,13H,3,8,12H2,1H3;3H2,1-2H3;1-2H3. The van der Waals surface area contributed by atoms with Crippen molar-refractivity contribution in [2.24, 2.45) is 5.92 Å². The highest BCUT2D eigenvalue weighted by Crippen LogP contribution is 2.38. The molecule has 128 valence electrons. The van der Waals surface area contributed by atoms with E-state index in [1.54, 1.807) is 11.1 Å². The second kappa shape index (κ2) is 8.87. The van der Waals surface area contributed by atoms with Crippen LogP contribution >= 0.6 is 0 Å². The third-order valence-electron chi connectivity index (χ3n) is 4.48. The van der Waals surface area contributed by atoms with E-state index in [1.807, 2.05) is 13.8 Å². The van der Waals surface area contributed by atoms with Crippen molar-refractivity contribution in [2.75, 3.05) is 0 Å². The van der Waals surface area contributed by atoms with Gasteiger partial charge >= 0.3 is 0 Å². The fourth-order valence-electron chi connectivity index (χ4n) is 3.58. The Morgan fingerprint density at radius 3 is 2.29 bits per heavy atom. The van der Waals surface area contributed by atoms with E-state index in [9.17, 15) is 0 Å². The topological polar surface area (TPSA) is 0 Å². The quantitative estimate of drug-likeness (QED) is 0.473. The van der Waals surface area contributed by atoms with E-state index in [0.29, 0.717) is 5.92 Å². The van der Waals surface area contributed by atoms with Crippen LogP contribution < -0.4 is 0 Å². The van der Waals surface area contributed by atoms with E-state index in [2.05, 4.69) is 69.3 Å². The minimum absolute atomic E-state index is 0.660. The minimum Gasteiger partial charge on any atom is -0.0836 e. The SMILES string of the molecule is CC.CC1C=Cc2c3c(c4ccccc4c2C1)C=CCC3.CCC. The molecule has 0 fully saturated rings. The van der Waals surface area contributed by atoms with Crippen LogP contribution in [0.4, 0.5) is 0 Å². The summed E-state index contributed by atoms with van der Waals surface area (Å²) in [6.45, 7) is 10.6. The zero-order chi connectivity index (χ0) is 17.5. The van der Waals surface area contributed by atoms with Gasteiger partial charge < -0.3 is 0 Å². The summed E-state index contributed by atoms with van der Waals surface area (Å²) in [6.07, 6.45) is 14.2. The lowest BCUT2D eigenvalue weighted by Gasteiger charge is -2.25. The van der Waals surface area contributed by atoms with Gasteiger partial charge in [-0.05, 0) is 58.2 Å². The first kappa shape index (κ1) is 18.5. The smallest absolute Gasteiger partial charge is 0.0106 e. The van der Waals surface area contributed by atoms with Gasteiger partial charge in [-0.2, -0.15) is 0 Å². The summed E-state index contributed by atoms with van der Waals surface area (Å²) in [5.41, 5.74) is 6.11. The molecule has 0 amide bonds. The van der Waals surface area contributed by atoms with Gasteiger partial charge in [0.05, 0.1) is 0 Å². The zero-order valence-electron chi connectivity index (χ0n) is 16.0. The fourth-order valence-corrected chi connectivity index (χ4v) is 3.58. The number of fused-ring (bicyclic) bond motifs is 6. The van der Waals surface area contributed by atoms with Gasteiger partial charge in [0.1, 0.15) is 0 Å². The van der Waals surface area contributed by atoms with Crippen molar-refractivity contribution in [3.05, 3.63) is 58.7 Å². The lowest BCUT2D eigenvalue weighted by molar-refractivity contribution is 0.719. The van der Waals surface area contributed by atoms with Crippen LogP contribution in [-0.2, 0) is 12.8 Å². The molecule has 0 bridgehead atoms. The Bertz CT molecular complexity index is 731. The largest absolute Gasteiger partial charge is 0.0836 e. The summed E-state index contributed by atoms with van der Waals surface area (Å²) >= 11 is 0. The molecule has 0 radical (unpaired) electrons. The van der Waals surface area contributed by atoms with Gasteiger partial charge in [-0.3, -0.25) is 0 Å². The molecule has 0 aromatic heterocycles. The third kappa shape index (κ3) is 3.64. The Kier molecular flexibility index (Phi) is 6.85. The van der Waals surface area contributed by atoms with E-state index in [-0.39, 0.29) is 0 Å². The monoisotopic (exact) mass is 320 g/mol. The summed E-state index contributed by atoms with van der Waals surface area (Å²) in [5.74, 6) is 0.660. The van der Waals surface area contributed by atoms with Gasteiger partial charge in [0.25, 0.3) is 0 Å². The minimum atomic E-state index is 0.660. The van der Waals surface area contributed by atoms with Crippen LogP contribution in [0.3, 0.4) is 0 Å². The van der Waals surface area contributed by atoms with Crippen LogP contribution in [0.2, 0.25) is 0 Å². The van der Waals surface area contributed by atoms with Crippen molar-refractivity contribution < 1.29 is 0 Å². The maximum atomic E-state index is 2.37. The third-order valence-corrected chi connectivity index (χ3v) is 4.48. The molecule has 2 aromatic carbocycles. The van der Waals surface area contributed by atoms with Gasteiger partial charge in [0, 0.05) is 0 Å². The molecule has 1 unspecified atom stereocenters. The molecule has 0 saturated heterocycles. The van der Waals surface area contributed by atoms with Crippen LogP contribution in [0, 0.1) is 5.92 Å². The van der Waals surface area contributed by atoms with Gasteiger partial charge in [-0.25, -0.2) is 0 Å². The highest BCUT2D eigenvalue weighted by atomic mass is 14.2. The molecule has 0 aliphatic heterocycles. The molecule has 0 spiro atoms. The molecular formula is C24H32. The number of hydrogen-bond acceptors (Lipinski definition) is 0. The Balaban J connectivity index is 0.000000378. The van der Waals surface area contributed by atoms with Crippen LogP contribution in [0.25, 0.3) is 22.9 Å². The average molecular weight is 321 g/mol. The van der Waals surface area contributed by atoms with Gasteiger partial charge in [0.15, 0.2) is 0 Å². The van der Waals surface area contributed by atoms with E-state index >= 15 is 0 Å². The molecular weight excluding hydrogens is 288 g/mol. The van der Waals surface area contributed by atoms with Gasteiger partial charge in [0.2, 0.25) is 0 Å². The molecule has 0 nitrogen and oxygen atoms in total. The van der Waals surface area contributed by atoms with Crippen molar-refractivity contribution in [1.29, 1.82) is 0 Å². The van der Waals surface area contributed by atoms with Gasteiger partial charge in [-0.15, -0.1) is 0 Å². The number of allylic oxidation sites excluding steroid dienone is 2. The summed E-state index contributed by atoms with van der Waals surface area (Å²) in [6, 6.07) is 8.92. The normalized spacial score (nSPS) is 17.1. The van der Waals surface area contributed by atoms with Gasteiger partial charge in [-0.1, -0.05) is 89.6 Å². The van der Waals surface area contributed by atoms with Crippen molar-refractivity contribution in [3.63, 3.8) is 0 Å². The molecule has 4 rings (SSSR count). The molecule has 2 aromatic rings. The first-order valence-corrected chi connectivity index (χ1v) is 9.67. The van der Waals surface area contributed by atoms with Crippen molar-refractivity contribution in [3.8, 4) is 0 Å². The summed E-state index contributed by atoms with van der Waals surface area (Å²) in [5, 5.41) is 2.90. The zero-order valence-corrected chi connectivity index (χ0v) is 16.0. The van der Waals surface area contributed by atoms with Crippen LogP contribution in [0.1, 0.15) is 69.7 Å². The van der Waals surface area contributed by atoms with Crippen molar-refractivity contribution in [2.45, 2.75) is 60.3 Å².